The fourth-order valence-corrected chi connectivity index (χ4v) is 1.52. The van der Waals surface area contributed by atoms with Crippen molar-refractivity contribution in [1.82, 2.24) is 0 Å². The molecule has 1 N–H and O–H groups in total. The SMILES string of the molecule is C=CCC(O)(CC=C)COC1(C)COC1. The molecule has 0 aromatic heterocycles. The molecule has 0 aliphatic carbocycles. The van der Waals surface area contributed by atoms with Crippen LogP contribution in [0.2, 0.25) is 0 Å². The van der Waals surface area contributed by atoms with Gasteiger partial charge in [-0.2, -0.15) is 0 Å². The molecule has 15 heavy (non-hydrogen) atoms. The molecule has 0 spiro atoms. The number of hydrogen-bond acceptors (Lipinski definition) is 3. The number of hydrogen-bond donors (Lipinski definition) is 1. The summed E-state index contributed by atoms with van der Waals surface area (Å²) in [7, 11) is 0. The molecule has 0 aromatic rings. The maximum atomic E-state index is 10.2. The highest BCUT2D eigenvalue weighted by Crippen LogP contribution is 2.25. The normalized spacial score (nSPS) is 19.3. The van der Waals surface area contributed by atoms with Crippen LogP contribution >= 0.6 is 0 Å². The molecular weight excluding hydrogens is 192 g/mol. The molecule has 86 valence electrons. The van der Waals surface area contributed by atoms with Gasteiger partial charge in [0, 0.05) is 0 Å². The molecule has 3 heteroatoms. The van der Waals surface area contributed by atoms with Gasteiger partial charge in [-0.25, -0.2) is 0 Å². The van der Waals surface area contributed by atoms with E-state index in [0.717, 1.165) is 0 Å². The second-order valence-electron chi connectivity index (χ2n) is 4.44. The number of ether oxygens (including phenoxy) is 2. The molecule has 1 saturated heterocycles. The average molecular weight is 212 g/mol. The predicted molar refractivity (Wildman–Crippen MR) is 59.8 cm³/mol. The maximum Gasteiger partial charge on any atom is 0.112 e. The highest BCUT2D eigenvalue weighted by atomic mass is 16.6. The third-order valence-corrected chi connectivity index (χ3v) is 2.55. The Morgan fingerprint density at radius 1 is 1.40 bits per heavy atom. The highest BCUT2D eigenvalue weighted by Gasteiger charge is 2.37. The second kappa shape index (κ2) is 4.92. The molecule has 0 unspecified atom stereocenters. The van der Waals surface area contributed by atoms with Gasteiger partial charge in [0.2, 0.25) is 0 Å². The van der Waals surface area contributed by atoms with Gasteiger partial charge in [-0.3, -0.25) is 0 Å². The summed E-state index contributed by atoms with van der Waals surface area (Å²) in [5.74, 6) is 0. The molecule has 1 aliphatic rings. The Bertz CT molecular complexity index is 221. The van der Waals surface area contributed by atoms with E-state index < -0.39 is 5.60 Å². The first-order valence-electron chi connectivity index (χ1n) is 5.19. The van der Waals surface area contributed by atoms with Crippen molar-refractivity contribution in [2.45, 2.75) is 31.0 Å². The second-order valence-corrected chi connectivity index (χ2v) is 4.44. The summed E-state index contributed by atoms with van der Waals surface area (Å²) in [6.07, 6.45) is 4.42. The predicted octanol–water partition coefficient (Wildman–Crippen LogP) is 1.68. The van der Waals surface area contributed by atoms with Gasteiger partial charge in [-0.1, -0.05) is 12.2 Å². The van der Waals surface area contributed by atoms with E-state index in [1.54, 1.807) is 12.2 Å². The lowest BCUT2D eigenvalue weighted by atomic mass is 9.96. The van der Waals surface area contributed by atoms with Gasteiger partial charge in [-0.15, -0.1) is 13.2 Å². The van der Waals surface area contributed by atoms with Crippen molar-refractivity contribution in [2.75, 3.05) is 19.8 Å². The van der Waals surface area contributed by atoms with Crippen LogP contribution in [0, 0.1) is 0 Å². The van der Waals surface area contributed by atoms with Gasteiger partial charge >= 0.3 is 0 Å². The van der Waals surface area contributed by atoms with E-state index in [1.807, 2.05) is 6.92 Å². The summed E-state index contributed by atoms with van der Waals surface area (Å²) in [6.45, 7) is 10.8. The van der Waals surface area contributed by atoms with Crippen molar-refractivity contribution in [2.24, 2.45) is 0 Å². The zero-order valence-corrected chi connectivity index (χ0v) is 9.37. The third-order valence-electron chi connectivity index (χ3n) is 2.55. The lowest BCUT2D eigenvalue weighted by Crippen LogP contribution is -2.51. The van der Waals surface area contributed by atoms with Crippen molar-refractivity contribution >= 4 is 0 Å². The van der Waals surface area contributed by atoms with Crippen LogP contribution in [0.15, 0.2) is 25.3 Å². The standard InChI is InChI=1S/C12H20O3/c1-4-6-12(13,7-5-2)10-15-11(3)8-14-9-11/h4-5,13H,1-2,6-10H2,3H3. The van der Waals surface area contributed by atoms with Crippen molar-refractivity contribution in [1.29, 1.82) is 0 Å². The van der Waals surface area contributed by atoms with Crippen molar-refractivity contribution in [3.63, 3.8) is 0 Å². The van der Waals surface area contributed by atoms with E-state index in [-0.39, 0.29) is 5.60 Å². The molecule has 1 fully saturated rings. The van der Waals surface area contributed by atoms with Crippen LogP contribution < -0.4 is 0 Å². The Kier molecular flexibility index (Phi) is 4.08. The number of aliphatic hydroxyl groups is 1. The van der Waals surface area contributed by atoms with Gasteiger partial charge in [0.05, 0.1) is 25.4 Å². The molecule has 3 nitrogen and oxygen atoms in total. The first-order chi connectivity index (χ1) is 7.04. The van der Waals surface area contributed by atoms with E-state index in [4.69, 9.17) is 9.47 Å². The van der Waals surface area contributed by atoms with E-state index in [0.29, 0.717) is 32.7 Å². The maximum absolute atomic E-state index is 10.2. The summed E-state index contributed by atoms with van der Waals surface area (Å²) in [6, 6.07) is 0. The van der Waals surface area contributed by atoms with Gasteiger partial charge in [0.15, 0.2) is 0 Å². The van der Waals surface area contributed by atoms with Crippen LogP contribution in [-0.2, 0) is 9.47 Å². The molecule has 0 aromatic carbocycles. The Labute approximate surface area is 91.4 Å². The highest BCUT2D eigenvalue weighted by molar-refractivity contribution is 4.93. The topological polar surface area (TPSA) is 38.7 Å². The molecule has 0 bridgehead atoms. The van der Waals surface area contributed by atoms with Gasteiger partial charge < -0.3 is 14.6 Å². The fourth-order valence-electron chi connectivity index (χ4n) is 1.52. The molecule has 1 heterocycles. The van der Waals surface area contributed by atoms with Crippen LogP contribution in [0.5, 0.6) is 0 Å². The summed E-state index contributed by atoms with van der Waals surface area (Å²) in [5, 5.41) is 10.2. The summed E-state index contributed by atoms with van der Waals surface area (Å²) >= 11 is 0. The Morgan fingerprint density at radius 3 is 2.27 bits per heavy atom. The molecule has 0 amide bonds. The monoisotopic (exact) mass is 212 g/mol. The van der Waals surface area contributed by atoms with Crippen LogP contribution in [0.25, 0.3) is 0 Å². The van der Waals surface area contributed by atoms with E-state index >= 15 is 0 Å². The summed E-state index contributed by atoms with van der Waals surface area (Å²) < 4.78 is 10.7. The Hall–Kier alpha value is -0.640. The van der Waals surface area contributed by atoms with E-state index in [2.05, 4.69) is 13.2 Å². The smallest absolute Gasteiger partial charge is 0.112 e. The minimum atomic E-state index is -0.873. The average Bonchev–Trinajstić information content (AvgIpc) is 2.13. The molecule has 0 saturated carbocycles. The lowest BCUT2D eigenvalue weighted by molar-refractivity contribution is -0.220. The van der Waals surface area contributed by atoms with Crippen LogP contribution in [0.1, 0.15) is 19.8 Å². The molecule has 0 radical (unpaired) electrons. The zero-order chi connectivity index (χ0) is 11.4. The largest absolute Gasteiger partial charge is 0.387 e. The first-order valence-corrected chi connectivity index (χ1v) is 5.19. The quantitative estimate of drug-likeness (QED) is 0.652. The minimum absolute atomic E-state index is 0.226. The fraction of sp³-hybridized carbons (Fsp3) is 0.667. The molecule has 1 rings (SSSR count). The lowest BCUT2D eigenvalue weighted by Gasteiger charge is -2.40. The number of rotatable bonds is 7. The van der Waals surface area contributed by atoms with Crippen molar-refractivity contribution in [3.8, 4) is 0 Å². The Morgan fingerprint density at radius 2 is 1.93 bits per heavy atom. The van der Waals surface area contributed by atoms with Gasteiger partial charge in [0.1, 0.15) is 5.60 Å². The van der Waals surface area contributed by atoms with Crippen molar-refractivity contribution in [3.05, 3.63) is 25.3 Å². The zero-order valence-electron chi connectivity index (χ0n) is 9.37. The van der Waals surface area contributed by atoms with Gasteiger partial charge in [-0.05, 0) is 19.8 Å². The van der Waals surface area contributed by atoms with Gasteiger partial charge in [0.25, 0.3) is 0 Å². The summed E-state index contributed by atoms with van der Waals surface area (Å²) in [5.41, 5.74) is -1.10. The van der Waals surface area contributed by atoms with Crippen molar-refractivity contribution < 1.29 is 14.6 Å². The molecule has 0 atom stereocenters. The van der Waals surface area contributed by atoms with Crippen LogP contribution in [0.3, 0.4) is 0 Å². The molecule has 1 aliphatic heterocycles. The minimum Gasteiger partial charge on any atom is -0.387 e. The first kappa shape index (κ1) is 12.4. The van der Waals surface area contributed by atoms with Crippen LogP contribution in [-0.4, -0.2) is 36.1 Å². The third kappa shape index (κ3) is 3.45. The Balaban J connectivity index is 2.42. The van der Waals surface area contributed by atoms with E-state index in [9.17, 15) is 5.11 Å². The summed E-state index contributed by atoms with van der Waals surface area (Å²) in [4.78, 5) is 0. The van der Waals surface area contributed by atoms with E-state index in [1.165, 1.54) is 0 Å². The molecular formula is C12H20O3. The van der Waals surface area contributed by atoms with Crippen LogP contribution in [0.4, 0.5) is 0 Å².